The predicted molar refractivity (Wildman–Crippen MR) is 68.0 cm³/mol. The van der Waals surface area contributed by atoms with E-state index < -0.39 is 0 Å². The number of anilines is 1. The quantitative estimate of drug-likeness (QED) is 0.636. The zero-order chi connectivity index (χ0) is 10.5. The minimum atomic E-state index is 0. The second-order valence-corrected chi connectivity index (χ2v) is 3.08. The molecule has 0 heterocycles. The van der Waals surface area contributed by atoms with Crippen LogP contribution in [0.3, 0.4) is 0 Å². The molecular weight excluding hydrogens is 224 g/mol. The number of hydrogen-bond acceptors (Lipinski definition) is 3. The Bertz CT molecular complexity index is 417. The van der Waals surface area contributed by atoms with Gasteiger partial charge in [-0.2, -0.15) is 0 Å². The maximum Gasteiger partial charge on any atom is 0.127 e. The standard InChI is InChI=1S/C12H12N2O.ClH/c13-14-10-6-8-12(9-7-10)15-11-4-2-1-3-5-11;/h1-9,14H,13H2;1H. The van der Waals surface area contributed by atoms with Crippen molar-refractivity contribution in [2.24, 2.45) is 5.84 Å². The summed E-state index contributed by atoms with van der Waals surface area (Å²) >= 11 is 0. The van der Waals surface area contributed by atoms with Crippen LogP contribution in [0, 0.1) is 0 Å². The molecule has 0 spiro atoms. The number of para-hydroxylation sites is 1. The largest absolute Gasteiger partial charge is 0.457 e. The summed E-state index contributed by atoms with van der Waals surface area (Å²) in [5.74, 6) is 6.88. The van der Waals surface area contributed by atoms with Gasteiger partial charge in [0.05, 0.1) is 0 Å². The van der Waals surface area contributed by atoms with Crippen molar-refractivity contribution >= 4 is 18.1 Å². The van der Waals surface area contributed by atoms with Crippen molar-refractivity contribution in [3.8, 4) is 11.5 Å². The van der Waals surface area contributed by atoms with Gasteiger partial charge in [-0.15, -0.1) is 12.4 Å². The molecule has 0 saturated heterocycles. The lowest BCUT2D eigenvalue weighted by atomic mass is 10.3. The Hall–Kier alpha value is -1.71. The van der Waals surface area contributed by atoms with Crippen LogP contribution in [0.4, 0.5) is 5.69 Å². The van der Waals surface area contributed by atoms with Crippen LogP contribution in [0.15, 0.2) is 54.6 Å². The molecule has 0 unspecified atom stereocenters. The molecule has 0 saturated carbocycles. The van der Waals surface area contributed by atoms with Gasteiger partial charge in [0.25, 0.3) is 0 Å². The lowest BCUT2D eigenvalue weighted by Gasteiger charge is -2.06. The Morgan fingerprint density at radius 1 is 0.812 bits per heavy atom. The Balaban J connectivity index is 0.00000128. The van der Waals surface area contributed by atoms with Gasteiger partial charge >= 0.3 is 0 Å². The molecule has 2 aromatic carbocycles. The lowest BCUT2D eigenvalue weighted by Crippen LogP contribution is -2.05. The molecule has 4 heteroatoms. The molecule has 0 aliphatic carbocycles. The fraction of sp³-hybridized carbons (Fsp3) is 0. The molecule has 16 heavy (non-hydrogen) atoms. The Kier molecular flexibility index (Phi) is 4.64. The van der Waals surface area contributed by atoms with Crippen LogP contribution in [0.5, 0.6) is 11.5 Å². The smallest absolute Gasteiger partial charge is 0.127 e. The van der Waals surface area contributed by atoms with Gasteiger partial charge in [0.2, 0.25) is 0 Å². The molecule has 2 rings (SSSR count). The van der Waals surface area contributed by atoms with Crippen molar-refractivity contribution in [1.82, 2.24) is 0 Å². The lowest BCUT2D eigenvalue weighted by molar-refractivity contribution is 0.483. The van der Waals surface area contributed by atoms with Crippen LogP contribution in [0.1, 0.15) is 0 Å². The van der Waals surface area contributed by atoms with Crippen LogP contribution in [-0.4, -0.2) is 0 Å². The van der Waals surface area contributed by atoms with Gasteiger partial charge in [-0.05, 0) is 36.4 Å². The molecule has 3 nitrogen and oxygen atoms in total. The van der Waals surface area contributed by atoms with E-state index in [-0.39, 0.29) is 12.4 Å². The average Bonchev–Trinajstić information content (AvgIpc) is 2.31. The fourth-order valence-electron chi connectivity index (χ4n) is 1.24. The molecular formula is C12H13ClN2O. The zero-order valence-corrected chi connectivity index (χ0v) is 9.41. The van der Waals surface area contributed by atoms with Gasteiger partial charge in [0.15, 0.2) is 0 Å². The first kappa shape index (κ1) is 12.4. The number of benzene rings is 2. The van der Waals surface area contributed by atoms with E-state index in [4.69, 9.17) is 10.6 Å². The maximum atomic E-state index is 5.61. The van der Waals surface area contributed by atoms with Crippen LogP contribution >= 0.6 is 12.4 Å². The normalized spacial score (nSPS) is 9.06. The van der Waals surface area contributed by atoms with E-state index in [2.05, 4.69) is 5.43 Å². The minimum absolute atomic E-state index is 0. The van der Waals surface area contributed by atoms with E-state index in [1.807, 2.05) is 54.6 Å². The summed E-state index contributed by atoms with van der Waals surface area (Å²) in [6.07, 6.45) is 0. The highest BCUT2D eigenvalue weighted by atomic mass is 35.5. The number of rotatable bonds is 3. The average molecular weight is 237 g/mol. The number of nitrogens with two attached hydrogens (primary N) is 1. The molecule has 0 radical (unpaired) electrons. The minimum Gasteiger partial charge on any atom is -0.457 e. The van der Waals surface area contributed by atoms with Gasteiger partial charge in [-0.1, -0.05) is 18.2 Å². The first-order chi connectivity index (χ1) is 7.38. The molecule has 0 aliphatic rings. The molecule has 84 valence electrons. The van der Waals surface area contributed by atoms with Crippen LogP contribution in [-0.2, 0) is 0 Å². The molecule has 0 fully saturated rings. The first-order valence-electron chi connectivity index (χ1n) is 4.68. The van der Waals surface area contributed by atoms with Gasteiger partial charge in [-0.25, -0.2) is 0 Å². The van der Waals surface area contributed by atoms with Gasteiger partial charge in [0.1, 0.15) is 11.5 Å². The summed E-state index contributed by atoms with van der Waals surface area (Å²) in [4.78, 5) is 0. The fourth-order valence-corrected chi connectivity index (χ4v) is 1.24. The SMILES string of the molecule is Cl.NNc1ccc(Oc2ccccc2)cc1. The molecule has 0 amide bonds. The molecule has 0 atom stereocenters. The second-order valence-electron chi connectivity index (χ2n) is 3.08. The topological polar surface area (TPSA) is 47.3 Å². The summed E-state index contributed by atoms with van der Waals surface area (Å²) in [5.41, 5.74) is 3.42. The molecule has 3 N–H and O–H groups in total. The number of hydrogen-bond donors (Lipinski definition) is 2. The van der Waals surface area contributed by atoms with Gasteiger partial charge in [0, 0.05) is 5.69 Å². The number of ether oxygens (including phenoxy) is 1. The Labute approximate surface area is 101 Å². The van der Waals surface area contributed by atoms with E-state index in [1.54, 1.807) is 0 Å². The highest BCUT2D eigenvalue weighted by Crippen LogP contribution is 2.21. The molecule has 2 aromatic rings. The van der Waals surface area contributed by atoms with Crippen molar-refractivity contribution in [1.29, 1.82) is 0 Å². The van der Waals surface area contributed by atoms with E-state index in [0.717, 1.165) is 17.2 Å². The zero-order valence-electron chi connectivity index (χ0n) is 8.59. The van der Waals surface area contributed by atoms with Crippen LogP contribution in [0.25, 0.3) is 0 Å². The van der Waals surface area contributed by atoms with E-state index in [0.29, 0.717) is 0 Å². The van der Waals surface area contributed by atoms with Crippen molar-refractivity contribution in [2.75, 3.05) is 5.43 Å². The maximum absolute atomic E-state index is 5.61. The van der Waals surface area contributed by atoms with Crippen LogP contribution < -0.4 is 16.0 Å². The number of halogens is 1. The summed E-state index contributed by atoms with van der Waals surface area (Å²) < 4.78 is 5.61. The van der Waals surface area contributed by atoms with E-state index in [1.165, 1.54) is 0 Å². The number of hydrazine groups is 1. The molecule has 0 aromatic heterocycles. The predicted octanol–water partition coefficient (Wildman–Crippen LogP) is 3.19. The summed E-state index contributed by atoms with van der Waals surface area (Å²) in [5, 5.41) is 0. The highest BCUT2D eigenvalue weighted by Gasteiger charge is 1.95. The Morgan fingerprint density at radius 3 is 1.94 bits per heavy atom. The third kappa shape index (κ3) is 3.15. The molecule has 0 aliphatic heterocycles. The number of nitrogen functional groups attached to an aromatic ring is 1. The first-order valence-corrected chi connectivity index (χ1v) is 4.68. The second kappa shape index (κ2) is 6.00. The van der Waals surface area contributed by atoms with Crippen LogP contribution in [0.2, 0.25) is 0 Å². The highest BCUT2D eigenvalue weighted by molar-refractivity contribution is 5.85. The Morgan fingerprint density at radius 2 is 1.38 bits per heavy atom. The van der Waals surface area contributed by atoms with Gasteiger partial charge in [-0.3, -0.25) is 5.84 Å². The van der Waals surface area contributed by atoms with Crippen molar-refractivity contribution in [3.63, 3.8) is 0 Å². The third-order valence-electron chi connectivity index (χ3n) is 2.00. The van der Waals surface area contributed by atoms with Gasteiger partial charge < -0.3 is 10.2 Å². The summed E-state index contributed by atoms with van der Waals surface area (Å²) in [7, 11) is 0. The van der Waals surface area contributed by atoms with Crippen molar-refractivity contribution in [2.45, 2.75) is 0 Å². The third-order valence-corrected chi connectivity index (χ3v) is 2.00. The van der Waals surface area contributed by atoms with E-state index >= 15 is 0 Å². The van der Waals surface area contributed by atoms with E-state index in [9.17, 15) is 0 Å². The monoisotopic (exact) mass is 236 g/mol. The van der Waals surface area contributed by atoms with Crippen molar-refractivity contribution < 1.29 is 4.74 Å². The summed E-state index contributed by atoms with van der Waals surface area (Å²) in [6, 6.07) is 17.1. The summed E-state index contributed by atoms with van der Waals surface area (Å²) in [6.45, 7) is 0. The number of nitrogens with one attached hydrogen (secondary N) is 1. The molecule has 0 bridgehead atoms. The van der Waals surface area contributed by atoms with Crippen molar-refractivity contribution in [3.05, 3.63) is 54.6 Å².